The second-order valence-corrected chi connectivity index (χ2v) is 8.32. The number of nitrogens with one attached hydrogen (secondary N) is 1. The Morgan fingerprint density at radius 1 is 1.07 bits per heavy atom. The lowest BCUT2D eigenvalue weighted by Crippen LogP contribution is -1.83. The van der Waals surface area contributed by atoms with Crippen molar-refractivity contribution in [3.8, 4) is 28.8 Å². The van der Waals surface area contributed by atoms with Crippen LogP contribution in [0.2, 0.25) is 5.02 Å². The monoisotopic (exact) mass is 408 g/mol. The first-order chi connectivity index (χ1) is 13.1. The van der Waals surface area contributed by atoms with E-state index in [1.54, 1.807) is 35.2 Å². The number of nitrogens with zero attached hydrogens (tertiary/aromatic N) is 3. The Hall–Kier alpha value is -2.59. The van der Waals surface area contributed by atoms with E-state index in [1.807, 2.05) is 48.7 Å². The quantitative estimate of drug-likeness (QED) is 0.437. The van der Waals surface area contributed by atoms with E-state index in [-0.39, 0.29) is 0 Å². The van der Waals surface area contributed by atoms with Gasteiger partial charge in [0.2, 0.25) is 0 Å². The van der Waals surface area contributed by atoms with Gasteiger partial charge in [-0.15, -0.1) is 11.3 Å². The number of aromatic nitrogens is 3. The van der Waals surface area contributed by atoms with Crippen LogP contribution in [-0.4, -0.2) is 15.0 Å². The van der Waals surface area contributed by atoms with E-state index < -0.39 is 0 Å². The Labute approximate surface area is 169 Å². The molecule has 7 heteroatoms. The topological polar surface area (TPSA) is 65.4 Å². The lowest BCUT2D eigenvalue weighted by atomic mass is 10.1. The zero-order chi connectivity index (χ0) is 18.8. The van der Waals surface area contributed by atoms with E-state index in [2.05, 4.69) is 16.0 Å². The van der Waals surface area contributed by atoms with Crippen molar-refractivity contribution in [1.82, 2.24) is 15.0 Å². The van der Waals surface area contributed by atoms with Gasteiger partial charge in [0.15, 0.2) is 5.82 Å². The third kappa shape index (κ3) is 3.91. The number of benzene rings is 2. The highest BCUT2D eigenvalue weighted by molar-refractivity contribution is 7.99. The number of hydrogen-bond acceptors (Lipinski definition) is 5. The maximum Gasteiger partial charge on any atom is 0.158 e. The second-order valence-electron chi connectivity index (χ2n) is 5.76. The first kappa shape index (κ1) is 17.8. The van der Waals surface area contributed by atoms with E-state index in [4.69, 9.17) is 21.8 Å². The Kier molecular flexibility index (Phi) is 4.99. The average molecular weight is 409 g/mol. The highest BCUT2D eigenvalue weighted by Gasteiger charge is 2.16. The molecule has 0 amide bonds. The summed E-state index contributed by atoms with van der Waals surface area (Å²) in [5.41, 5.74) is 3.33. The predicted molar refractivity (Wildman–Crippen MR) is 110 cm³/mol. The van der Waals surface area contributed by atoms with Crippen LogP contribution in [0.25, 0.3) is 22.8 Å². The van der Waals surface area contributed by atoms with Crippen LogP contribution in [0.1, 0.15) is 10.6 Å². The van der Waals surface area contributed by atoms with Gasteiger partial charge in [-0.05, 0) is 43.3 Å². The van der Waals surface area contributed by atoms with E-state index >= 15 is 0 Å². The van der Waals surface area contributed by atoms with Gasteiger partial charge >= 0.3 is 0 Å². The zero-order valence-electron chi connectivity index (χ0n) is 14.2. The molecule has 0 fully saturated rings. The van der Waals surface area contributed by atoms with Gasteiger partial charge in [-0.3, -0.25) is 0 Å². The molecule has 2 aromatic heterocycles. The second kappa shape index (κ2) is 7.57. The van der Waals surface area contributed by atoms with Gasteiger partial charge in [0, 0.05) is 20.9 Å². The summed E-state index contributed by atoms with van der Waals surface area (Å²) < 4.78 is 0. The van der Waals surface area contributed by atoms with Crippen LogP contribution in [-0.2, 0) is 0 Å². The Morgan fingerprint density at radius 3 is 2.44 bits per heavy atom. The Bertz CT molecular complexity index is 1120. The fourth-order valence-electron chi connectivity index (χ4n) is 2.55. The van der Waals surface area contributed by atoms with Crippen LogP contribution in [0.15, 0.2) is 63.8 Å². The number of rotatable bonds is 4. The van der Waals surface area contributed by atoms with Crippen molar-refractivity contribution < 1.29 is 0 Å². The van der Waals surface area contributed by atoms with Gasteiger partial charge in [0.25, 0.3) is 0 Å². The molecule has 0 aliphatic rings. The van der Waals surface area contributed by atoms with Gasteiger partial charge in [0.1, 0.15) is 10.7 Å². The molecular formula is C20H13ClN4S2. The molecule has 0 aliphatic carbocycles. The smallest absolute Gasteiger partial charge is 0.158 e. The predicted octanol–water partition coefficient (Wildman–Crippen LogP) is 6.18. The van der Waals surface area contributed by atoms with Gasteiger partial charge in [-0.2, -0.15) is 5.26 Å². The molecule has 2 aromatic carbocycles. The van der Waals surface area contributed by atoms with E-state index in [0.717, 1.165) is 37.7 Å². The largest absolute Gasteiger partial charge is 0.336 e. The number of nitriles is 1. The van der Waals surface area contributed by atoms with Crippen molar-refractivity contribution >= 4 is 34.7 Å². The highest BCUT2D eigenvalue weighted by Crippen LogP contribution is 2.37. The maximum atomic E-state index is 9.03. The standard InChI is InChI=1S/C20H13ClN4S2/c1-12-23-17(11-26-12)19-24-18(14-4-2-13(10-22)3-5-14)20(25-19)27-16-8-6-15(21)7-9-16/h2-9,11H,1H3,(H,24,25). The maximum absolute atomic E-state index is 9.03. The van der Waals surface area contributed by atoms with E-state index in [1.165, 1.54) is 0 Å². The Balaban J connectivity index is 1.77. The number of imidazole rings is 1. The van der Waals surface area contributed by atoms with Crippen LogP contribution in [0.4, 0.5) is 0 Å². The Morgan fingerprint density at radius 2 is 1.81 bits per heavy atom. The van der Waals surface area contributed by atoms with Crippen molar-refractivity contribution in [2.45, 2.75) is 16.8 Å². The van der Waals surface area contributed by atoms with Gasteiger partial charge in [-0.25, -0.2) is 9.97 Å². The third-order valence-electron chi connectivity index (χ3n) is 3.86. The fraction of sp³-hybridized carbons (Fsp3) is 0.0500. The number of aromatic amines is 1. The number of H-pyrrole nitrogens is 1. The summed E-state index contributed by atoms with van der Waals surface area (Å²) in [5, 5.41) is 13.6. The molecule has 0 aliphatic heterocycles. The van der Waals surface area contributed by atoms with Crippen LogP contribution in [0.5, 0.6) is 0 Å². The molecule has 4 nitrogen and oxygen atoms in total. The van der Waals surface area contributed by atoms with Gasteiger partial charge in [-0.1, -0.05) is 35.5 Å². The summed E-state index contributed by atoms with van der Waals surface area (Å²) >= 11 is 9.14. The number of halogens is 1. The SMILES string of the molecule is Cc1nc(-c2nc(Sc3ccc(Cl)cc3)c(-c3ccc(C#N)cc3)[nH]2)cs1. The fourth-order valence-corrected chi connectivity index (χ4v) is 4.17. The molecule has 1 N–H and O–H groups in total. The molecule has 2 heterocycles. The molecule has 0 atom stereocenters. The minimum Gasteiger partial charge on any atom is -0.336 e. The lowest BCUT2D eigenvalue weighted by Gasteiger charge is -2.03. The summed E-state index contributed by atoms with van der Waals surface area (Å²) in [6.07, 6.45) is 0. The van der Waals surface area contributed by atoms with E-state index in [9.17, 15) is 0 Å². The number of thiazole rings is 1. The molecule has 27 heavy (non-hydrogen) atoms. The molecule has 0 radical (unpaired) electrons. The minimum absolute atomic E-state index is 0.625. The van der Waals surface area contributed by atoms with Crippen molar-refractivity contribution in [3.05, 3.63) is 69.5 Å². The summed E-state index contributed by atoms with van der Waals surface area (Å²) in [7, 11) is 0. The molecule has 0 bridgehead atoms. The molecule has 0 saturated carbocycles. The van der Waals surface area contributed by atoms with Crippen LogP contribution in [0, 0.1) is 18.3 Å². The van der Waals surface area contributed by atoms with Gasteiger partial charge < -0.3 is 4.98 Å². The summed E-state index contributed by atoms with van der Waals surface area (Å²) in [4.78, 5) is 13.8. The van der Waals surface area contributed by atoms with Crippen molar-refractivity contribution in [1.29, 1.82) is 5.26 Å². The first-order valence-corrected chi connectivity index (χ1v) is 10.2. The molecular weight excluding hydrogens is 396 g/mol. The summed E-state index contributed by atoms with van der Waals surface area (Å²) in [5.74, 6) is 0.732. The average Bonchev–Trinajstić information content (AvgIpc) is 3.30. The normalized spacial score (nSPS) is 10.7. The molecule has 0 saturated heterocycles. The van der Waals surface area contributed by atoms with Crippen LogP contribution < -0.4 is 0 Å². The molecule has 4 rings (SSSR count). The van der Waals surface area contributed by atoms with Gasteiger partial charge in [0.05, 0.1) is 22.3 Å². The third-order valence-corrected chi connectivity index (χ3v) is 5.89. The zero-order valence-corrected chi connectivity index (χ0v) is 16.6. The number of hydrogen-bond donors (Lipinski definition) is 1. The molecule has 0 spiro atoms. The first-order valence-electron chi connectivity index (χ1n) is 8.09. The lowest BCUT2D eigenvalue weighted by molar-refractivity contribution is 1.17. The van der Waals surface area contributed by atoms with Crippen LogP contribution in [0.3, 0.4) is 0 Å². The summed E-state index contributed by atoms with van der Waals surface area (Å²) in [6.45, 7) is 1.97. The van der Waals surface area contributed by atoms with Crippen molar-refractivity contribution in [2.24, 2.45) is 0 Å². The molecule has 0 unspecified atom stereocenters. The minimum atomic E-state index is 0.625. The van der Waals surface area contributed by atoms with Crippen molar-refractivity contribution in [3.63, 3.8) is 0 Å². The van der Waals surface area contributed by atoms with Crippen LogP contribution >= 0.6 is 34.7 Å². The molecule has 4 aromatic rings. The highest BCUT2D eigenvalue weighted by atomic mass is 35.5. The summed E-state index contributed by atoms with van der Waals surface area (Å²) in [6, 6.07) is 17.3. The number of aryl methyl sites for hydroxylation is 1. The molecule has 132 valence electrons. The van der Waals surface area contributed by atoms with E-state index in [0.29, 0.717) is 10.6 Å². The van der Waals surface area contributed by atoms with Crippen molar-refractivity contribution in [2.75, 3.05) is 0 Å².